The average molecular weight is 226 g/mol. The Labute approximate surface area is 94.3 Å². The van der Waals surface area contributed by atoms with E-state index in [1.165, 1.54) is 0 Å². The van der Waals surface area contributed by atoms with Gasteiger partial charge in [0.2, 0.25) is 11.9 Å². The second kappa shape index (κ2) is 5.13. The van der Waals surface area contributed by atoms with Gasteiger partial charge in [0.05, 0.1) is 6.61 Å². The number of aromatic amines is 1. The predicted molar refractivity (Wildman–Crippen MR) is 61.2 cm³/mol. The minimum atomic E-state index is 0.216. The summed E-state index contributed by atoms with van der Waals surface area (Å²) in [6.07, 6.45) is 1.05. The van der Waals surface area contributed by atoms with E-state index in [-0.39, 0.29) is 6.61 Å². The van der Waals surface area contributed by atoms with Crippen LogP contribution in [0.5, 0.6) is 0 Å². The summed E-state index contributed by atoms with van der Waals surface area (Å²) in [4.78, 5) is 8.48. The van der Waals surface area contributed by atoms with Gasteiger partial charge in [0.15, 0.2) is 0 Å². The highest BCUT2D eigenvalue weighted by molar-refractivity contribution is 5.33. The smallest absolute Gasteiger partial charge is 0.246 e. The van der Waals surface area contributed by atoms with E-state index < -0.39 is 0 Å². The second-order valence-electron chi connectivity index (χ2n) is 3.93. The van der Waals surface area contributed by atoms with Crippen LogP contribution in [0, 0.1) is 0 Å². The third-order valence-electron chi connectivity index (χ3n) is 2.78. The Bertz CT molecular complexity index is 328. The van der Waals surface area contributed by atoms with Crippen molar-refractivity contribution < 1.29 is 5.11 Å². The molecule has 1 aromatic rings. The van der Waals surface area contributed by atoms with Gasteiger partial charge in [-0.2, -0.15) is 4.98 Å². The number of nitrogens with zero attached hydrogens (tertiary/aromatic N) is 4. The van der Waals surface area contributed by atoms with Crippen LogP contribution in [0.2, 0.25) is 0 Å². The molecule has 16 heavy (non-hydrogen) atoms. The first-order chi connectivity index (χ1) is 7.79. The molecule has 0 bridgehead atoms. The Kier molecular flexibility index (Phi) is 3.58. The van der Waals surface area contributed by atoms with Gasteiger partial charge in [-0.1, -0.05) is 0 Å². The Hall–Kier alpha value is -1.34. The van der Waals surface area contributed by atoms with Gasteiger partial charge in [0.25, 0.3) is 0 Å². The predicted octanol–water partition coefficient (Wildman–Crippen LogP) is -1.11. The molecule has 0 amide bonds. The lowest BCUT2D eigenvalue weighted by molar-refractivity contribution is 0.204. The topological polar surface area (TPSA) is 94.3 Å². The van der Waals surface area contributed by atoms with E-state index in [0.29, 0.717) is 11.9 Å². The van der Waals surface area contributed by atoms with Gasteiger partial charge in [0, 0.05) is 26.2 Å². The van der Waals surface area contributed by atoms with Crippen LogP contribution >= 0.6 is 0 Å². The Balaban J connectivity index is 1.93. The molecule has 2 heterocycles. The third kappa shape index (κ3) is 2.61. The molecule has 1 aromatic heterocycles. The number of nitrogens with two attached hydrogens (primary N) is 1. The number of hydrogen-bond acceptors (Lipinski definition) is 6. The van der Waals surface area contributed by atoms with Crippen LogP contribution in [-0.4, -0.2) is 64.5 Å². The first-order valence-electron chi connectivity index (χ1n) is 5.55. The lowest BCUT2D eigenvalue weighted by Gasteiger charge is -2.19. The molecule has 7 nitrogen and oxygen atoms in total. The van der Waals surface area contributed by atoms with E-state index in [9.17, 15) is 0 Å². The maximum absolute atomic E-state index is 8.90. The molecule has 1 aliphatic heterocycles. The highest BCUT2D eigenvalue weighted by Crippen LogP contribution is 2.11. The lowest BCUT2D eigenvalue weighted by Crippen LogP contribution is -2.32. The van der Waals surface area contributed by atoms with Crippen LogP contribution in [-0.2, 0) is 0 Å². The molecule has 0 unspecified atom stereocenters. The van der Waals surface area contributed by atoms with E-state index >= 15 is 0 Å². The highest BCUT2D eigenvalue weighted by atomic mass is 16.3. The Morgan fingerprint density at radius 1 is 1.31 bits per heavy atom. The van der Waals surface area contributed by atoms with Crippen molar-refractivity contribution in [1.29, 1.82) is 0 Å². The molecular weight excluding hydrogens is 208 g/mol. The molecule has 7 heteroatoms. The van der Waals surface area contributed by atoms with Crippen molar-refractivity contribution in [2.45, 2.75) is 6.42 Å². The van der Waals surface area contributed by atoms with E-state index in [0.717, 1.165) is 39.1 Å². The zero-order chi connectivity index (χ0) is 11.4. The van der Waals surface area contributed by atoms with Gasteiger partial charge in [-0.15, -0.1) is 5.10 Å². The monoisotopic (exact) mass is 226 g/mol. The molecule has 1 saturated heterocycles. The van der Waals surface area contributed by atoms with Gasteiger partial charge in [0.1, 0.15) is 0 Å². The molecule has 4 N–H and O–H groups in total. The standard InChI is InChI=1S/C9H18N6O/c10-8-11-9(13-12-8)15-3-1-2-14(4-5-15)6-7-16/h16H,1-7H2,(H3,10,11,12,13). The molecule has 0 saturated carbocycles. The number of aliphatic hydroxyl groups excluding tert-OH is 1. The van der Waals surface area contributed by atoms with Crippen LogP contribution in [0.25, 0.3) is 0 Å². The van der Waals surface area contributed by atoms with E-state index in [4.69, 9.17) is 10.8 Å². The molecule has 1 aliphatic rings. The maximum Gasteiger partial charge on any atom is 0.246 e. The molecule has 2 rings (SSSR count). The molecule has 1 fully saturated rings. The van der Waals surface area contributed by atoms with Crippen molar-refractivity contribution in [1.82, 2.24) is 20.1 Å². The molecule has 0 spiro atoms. The summed E-state index contributed by atoms with van der Waals surface area (Å²) < 4.78 is 0. The van der Waals surface area contributed by atoms with Gasteiger partial charge in [-0.05, 0) is 13.0 Å². The maximum atomic E-state index is 8.90. The van der Waals surface area contributed by atoms with E-state index in [1.54, 1.807) is 0 Å². The Morgan fingerprint density at radius 3 is 2.88 bits per heavy atom. The molecular formula is C9H18N6O. The summed E-state index contributed by atoms with van der Waals surface area (Å²) in [5.74, 6) is 1.02. The lowest BCUT2D eigenvalue weighted by atomic mass is 10.4. The summed E-state index contributed by atoms with van der Waals surface area (Å²) in [5.41, 5.74) is 5.50. The third-order valence-corrected chi connectivity index (χ3v) is 2.78. The van der Waals surface area contributed by atoms with E-state index in [1.807, 2.05) is 0 Å². The number of β-amino-alcohol motifs (C(OH)–C–C–N with tert-alkyl or cyclic N) is 1. The number of nitrogens with one attached hydrogen (secondary N) is 1. The number of nitrogen functional groups attached to an aromatic ring is 1. The zero-order valence-corrected chi connectivity index (χ0v) is 9.26. The van der Waals surface area contributed by atoms with Crippen LogP contribution < -0.4 is 10.6 Å². The summed E-state index contributed by atoms with van der Waals surface area (Å²) in [6.45, 7) is 4.69. The molecule has 90 valence electrons. The fraction of sp³-hybridized carbons (Fsp3) is 0.778. The highest BCUT2D eigenvalue weighted by Gasteiger charge is 2.17. The van der Waals surface area contributed by atoms with Gasteiger partial charge < -0.3 is 15.7 Å². The first-order valence-corrected chi connectivity index (χ1v) is 5.55. The van der Waals surface area contributed by atoms with Crippen molar-refractivity contribution in [2.24, 2.45) is 0 Å². The first kappa shape index (κ1) is 11.2. The van der Waals surface area contributed by atoms with Crippen molar-refractivity contribution in [3.05, 3.63) is 0 Å². The minimum Gasteiger partial charge on any atom is -0.395 e. The minimum absolute atomic E-state index is 0.216. The number of H-pyrrole nitrogens is 1. The SMILES string of the molecule is Nc1nc(N2CCCN(CCO)CC2)n[nH]1. The summed E-state index contributed by atoms with van der Waals surface area (Å²) in [6, 6.07) is 0. The van der Waals surface area contributed by atoms with Gasteiger partial charge in [-0.25, -0.2) is 5.10 Å². The fourth-order valence-corrected chi connectivity index (χ4v) is 1.94. The fourth-order valence-electron chi connectivity index (χ4n) is 1.94. The quantitative estimate of drug-likeness (QED) is 0.605. The summed E-state index contributed by atoms with van der Waals surface area (Å²) in [5, 5.41) is 15.6. The summed E-state index contributed by atoms with van der Waals surface area (Å²) in [7, 11) is 0. The number of aliphatic hydroxyl groups is 1. The molecule has 0 atom stereocenters. The van der Waals surface area contributed by atoms with Crippen molar-refractivity contribution >= 4 is 11.9 Å². The van der Waals surface area contributed by atoms with Crippen LogP contribution in [0.1, 0.15) is 6.42 Å². The van der Waals surface area contributed by atoms with Crippen molar-refractivity contribution in [3.63, 3.8) is 0 Å². The largest absolute Gasteiger partial charge is 0.395 e. The van der Waals surface area contributed by atoms with Crippen molar-refractivity contribution in [3.8, 4) is 0 Å². The molecule has 0 aliphatic carbocycles. The van der Waals surface area contributed by atoms with Crippen molar-refractivity contribution in [2.75, 3.05) is 50.0 Å². The number of anilines is 2. The van der Waals surface area contributed by atoms with Crippen LogP contribution in [0.4, 0.5) is 11.9 Å². The number of aromatic nitrogens is 3. The summed E-state index contributed by atoms with van der Waals surface area (Å²) >= 11 is 0. The van der Waals surface area contributed by atoms with E-state index in [2.05, 4.69) is 25.0 Å². The molecule has 0 aromatic carbocycles. The second-order valence-corrected chi connectivity index (χ2v) is 3.93. The number of rotatable bonds is 3. The Morgan fingerprint density at radius 2 is 2.19 bits per heavy atom. The normalized spacial score (nSPS) is 18.7. The average Bonchev–Trinajstić information content (AvgIpc) is 2.57. The molecule has 0 radical (unpaired) electrons. The number of hydrogen-bond donors (Lipinski definition) is 3. The van der Waals surface area contributed by atoms with Gasteiger partial charge >= 0.3 is 0 Å². The zero-order valence-electron chi connectivity index (χ0n) is 9.26. The van der Waals surface area contributed by atoms with Crippen LogP contribution in [0.15, 0.2) is 0 Å². The van der Waals surface area contributed by atoms with Crippen LogP contribution in [0.3, 0.4) is 0 Å². The van der Waals surface area contributed by atoms with Gasteiger partial charge in [-0.3, -0.25) is 4.90 Å².